The van der Waals surface area contributed by atoms with E-state index in [2.05, 4.69) is 19.9 Å². The first kappa shape index (κ1) is 32.7. The van der Waals surface area contributed by atoms with Crippen molar-refractivity contribution >= 4 is 18.0 Å². The third-order valence-electron chi connectivity index (χ3n) is 5.95. The predicted octanol–water partition coefficient (Wildman–Crippen LogP) is 3.78. The van der Waals surface area contributed by atoms with Gasteiger partial charge >= 0.3 is 6.18 Å². The summed E-state index contributed by atoms with van der Waals surface area (Å²) >= 11 is 0. The van der Waals surface area contributed by atoms with Crippen LogP contribution in [0.25, 0.3) is 16.9 Å². The molecule has 0 radical (unpaired) electrons. The molecule has 1 aliphatic rings. The Bertz CT molecular complexity index is 1280. The zero-order chi connectivity index (χ0) is 30.0. The summed E-state index contributed by atoms with van der Waals surface area (Å²) in [7, 11) is 4.70. The number of amides is 1. The molecular weight excluding hydrogens is 536 g/mol. The van der Waals surface area contributed by atoms with E-state index in [0.717, 1.165) is 18.7 Å². The molecule has 0 saturated carbocycles. The zero-order valence-corrected chi connectivity index (χ0v) is 23.0. The molecule has 3 aromatic rings. The van der Waals surface area contributed by atoms with Crippen LogP contribution in [0.2, 0.25) is 0 Å². The highest BCUT2D eigenvalue weighted by Gasteiger charge is 2.39. The van der Waals surface area contributed by atoms with Gasteiger partial charge in [0.05, 0.1) is 31.2 Å². The van der Waals surface area contributed by atoms with Crippen LogP contribution < -0.4 is 5.32 Å². The van der Waals surface area contributed by atoms with Crippen molar-refractivity contribution in [2.75, 3.05) is 40.9 Å². The van der Waals surface area contributed by atoms with Crippen molar-refractivity contribution in [2.45, 2.75) is 38.7 Å². The van der Waals surface area contributed by atoms with Gasteiger partial charge in [-0.25, -0.2) is 9.37 Å². The van der Waals surface area contributed by atoms with Crippen molar-refractivity contribution in [1.82, 2.24) is 19.6 Å². The Balaban J connectivity index is 0.000000858. The van der Waals surface area contributed by atoms with E-state index in [9.17, 15) is 23.1 Å². The summed E-state index contributed by atoms with van der Waals surface area (Å²) in [6, 6.07) is 6.26. The highest BCUT2D eigenvalue weighted by Crippen LogP contribution is 2.34. The van der Waals surface area contributed by atoms with Gasteiger partial charge in [0.15, 0.2) is 6.10 Å². The van der Waals surface area contributed by atoms with Gasteiger partial charge in [-0.15, -0.1) is 0 Å². The number of methoxy groups -OCH3 is 1. The van der Waals surface area contributed by atoms with Crippen molar-refractivity contribution in [3.05, 3.63) is 59.2 Å². The minimum Gasteiger partial charge on any atom is -0.471 e. The molecule has 1 fully saturated rings. The Hall–Kier alpha value is -3.55. The smallest absolute Gasteiger partial charge is 0.418 e. The monoisotopic (exact) mass is 570 g/mol. The standard InChI is InChI=1S/C23H24F4N4O3.C2H4O2.C2H6/c1-28-22(33)14-3-4-16(17(24)9-14)20-18(11-15-12-30(2)7-8-34-15)31-6-5-13(10-19(31)29-20)21(32)23(25,26)27;1-4-2-3;1-2/h3-6,9-10,15,21,32H,7-8,11-12H2,1-2H3,(H,28,33);2H,1H3;1-2H3. The van der Waals surface area contributed by atoms with Crippen LogP contribution in [0.4, 0.5) is 17.6 Å². The zero-order valence-electron chi connectivity index (χ0n) is 23.0. The number of aromatic nitrogens is 2. The Morgan fingerprint density at radius 3 is 2.52 bits per heavy atom. The largest absolute Gasteiger partial charge is 0.471 e. The summed E-state index contributed by atoms with van der Waals surface area (Å²) in [5.41, 5.74) is 0.777. The van der Waals surface area contributed by atoms with E-state index in [-0.39, 0.29) is 34.1 Å². The lowest BCUT2D eigenvalue weighted by Crippen LogP contribution is -2.41. The topological polar surface area (TPSA) is 105 Å². The van der Waals surface area contributed by atoms with Crippen LogP contribution in [-0.2, 0) is 20.7 Å². The van der Waals surface area contributed by atoms with E-state index in [1.165, 1.54) is 38.6 Å². The normalized spacial score (nSPS) is 16.2. The fourth-order valence-corrected chi connectivity index (χ4v) is 4.08. The minimum atomic E-state index is -4.83. The van der Waals surface area contributed by atoms with Gasteiger partial charge in [0.25, 0.3) is 12.4 Å². The first-order chi connectivity index (χ1) is 19.0. The van der Waals surface area contributed by atoms with Gasteiger partial charge < -0.3 is 29.2 Å². The average Bonchev–Trinajstić information content (AvgIpc) is 3.29. The van der Waals surface area contributed by atoms with Crippen LogP contribution in [0.15, 0.2) is 36.5 Å². The number of carbonyl (C=O) groups is 2. The number of rotatable bonds is 6. The van der Waals surface area contributed by atoms with E-state index in [1.807, 2.05) is 20.9 Å². The first-order valence-electron chi connectivity index (χ1n) is 12.5. The Kier molecular flexibility index (Phi) is 12.0. The Morgan fingerprint density at radius 2 is 1.98 bits per heavy atom. The number of likely N-dealkylation sites (N-methyl/N-ethyl adjacent to an activating group) is 1. The number of nitrogens with one attached hydrogen (secondary N) is 1. The van der Waals surface area contributed by atoms with Crippen LogP contribution in [0.3, 0.4) is 0 Å². The minimum absolute atomic E-state index is 0.105. The molecule has 9 nitrogen and oxygen atoms in total. The van der Waals surface area contributed by atoms with Crippen molar-refractivity contribution in [3.63, 3.8) is 0 Å². The number of aliphatic hydroxyl groups is 1. The van der Waals surface area contributed by atoms with E-state index in [0.29, 0.717) is 31.7 Å². The van der Waals surface area contributed by atoms with Crippen LogP contribution in [0, 0.1) is 5.82 Å². The van der Waals surface area contributed by atoms with Gasteiger partial charge in [-0.2, -0.15) is 13.2 Å². The number of benzene rings is 1. The van der Waals surface area contributed by atoms with E-state index >= 15 is 4.39 Å². The Labute approximate surface area is 229 Å². The average molecular weight is 571 g/mol. The molecular formula is C27H34F4N4O5. The van der Waals surface area contributed by atoms with Gasteiger partial charge in [-0.3, -0.25) is 9.59 Å². The van der Waals surface area contributed by atoms with E-state index in [1.54, 1.807) is 4.40 Å². The fourth-order valence-electron chi connectivity index (χ4n) is 4.08. The number of ether oxygens (including phenoxy) is 2. The molecule has 2 unspecified atom stereocenters. The third kappa shape index (κ3) is 7.99. The number of morpholine rings is 1. The summed E-state index contributed by atoms with van der Waals surface area (Å²) < 4.78 is 65.5. The molecule has 4 rings (SSSR count). The molecule has 3 heterocycles. The van der Waals surface area contributed by atoms with E-state index < -0.39 is 24.0 Å². The fraction of sp³-hybridized carbons (Fsp3) is 0.444. The molecule has 0 aliphatic carbocycles. The number of carbonyl (C=O) groups excluding carboxylic acids is 2. The van der Waals surface area contributed by atoms with Crippen molar-refractivity contribution < 1.29 is 41.7 Å². The maximum absolute atomic E-state index is 15.1. The van der Waals surface area contributed by atoms with Crippen molar-refractivity contribution in [1.29, 1.82) is 0 Å². The van der Waals surface area contributed by atoms with Gasteiger partial charge in [0, 0.05) is 43.9 Å². The molecule has 0 spiro atoms. The SMILES string of the molecule is CC.CNC(=O)c1ccc(-c2nc3cc(C(O)C(F)(F)F)ccn3c2CC2CN(C)CCO2)c(F)c1.COC=O. The summed E-state index contributed by atoms with van der Waals surface area (Å²) in [5.74, 6) is -1.15. The van der Waals surface area contributed by atoms with Gasteiger partial charge in [-0.1, -0.05) is 13.8 Å². The molecule has 40 heavy (non-hydrogen) atoms. The molecule has 220 valence electrons. The molecule has 2 aromatic heterocycles. The lowest BCUT2D eigenvalue weighted by molar-refractivity contribution is -0.206. The predicted molar refractivity (Wildman–Crippen MR) is 140 cm³/mol. The molecule has 2 N–H and O–H groups in total. The summed E-state index contributed by atoms with van der Waals surface area (Å²) in [4.78, 5) is 27.3. The first-order valence-corrected chi connectivity index (χ1v) is 12.5. The number of hydrogen-bond acceptors (Lipinski definition) is 7. The number of fused-ring (bicyclic) bond motifs is 1. The lowest BCUT2D eigenvalue weighted by Gasteiger charge is -2.30. The number of aliphatic hydroxyl groups excluding tert-OH is 1. The van der Waals surface area contributed by atoms with Crippen LogP contribution >= 0.6 is 0 Å². The Morgan fingerprint density at radius 1 is 1.30 bits per heavy atom. The maximum atomic E-state index is 15.1. The van der Waals surface area contributed by atoms with Crippen LogP contribution in [0.1, 0.15) is 41.6 Å². The third-order valence-corrected chi connectivity index (χ3v) is 5.95. The quantitative estimate of drug-likeness (QED) is 0.343. The molecule has 1 saturated heterocycles. The number of imidazole rings is 1. The number of pyridine rings is 1. The van der Waals surface area contributed by atoms with Gasteiger partial charge in [-0.05, 0) is 42.9 Å². The van der Waals surface area contributed by atoms with Crippen molar-refractivity contribution in [2.24, 2.45) is 0 Å². The van der Waals surface area contributed by atoms with Crippen LogP contribution in [-0.4, -0.2) is 85.0 Å². The molecule has 1 amide bonds. The van der Waals surface area contributed by atoms with E-state index in [4.69, 9.17) is 9.53 Å². The number of hydrogen-bond donors (Lipinski definition) is 2. The summed E-state index contributed by atoms with van der Waals surface area (Å²) in [5, 5.41) is 12.1. The second kappa shape index (κ2) is 14.7. The number of alkyl halides is 3. The molecule has 2 atom stereocenters. The second-order valence-corrected chi connectivity index (χ2v) is 8.60. The number of nitrogens with zero attached hydrogens (tertiary/aromatic N) is 3. The summed E-state index contributed by atoms with van der Waals surface area (Å²) in [6.07, 6.45) is -6.02. The molecule has 1 aliphatic heterocycles. The van der Waals surface area contributed by atoms with Crippen molar-refractivity contribution in [3.8, 4) is 11.3 Å². The van der Waals surface area contributed by atoms with Gasteiger partial charge in [0.1, 0.15) is 11.5 Å². The molecule has 1 aromatic carbocycles. The second-order valence-electron chi connectivity index (χ2n) is 8.60. The lowest BCUT2D eigenvalue weighted by atomic mass is 10.0. The van der Waals surface area contributed by atoms with Crippen LogP contribution in [0.5, 0.6) is 0 Å². The highest BCUT2D eigenvalue weighted by atomic mass is 19.4. The molecule has 13 heteroatoms. The molecule has 0 bridgehead atoms. The summed E-state index contributed by atoms with van der Waals surface area (Å²) in [6.45, 7) is 6.28. The highest BCUT2D eigenvalue weighted by molar-refractivity contribution is 5.94. The number of halogens is 4. The maximum Gasteiger partial charge on any atom is 0.418 e. The van der Waals surface area contributed by atoms with Gasteiger partial charge in [0.2, 0.25) is 0 Å².